The van der Waals surface area contributed by atoms with Crippen molar-refractivity contribution < 1.29 is 14.3 Å². The summed E-state index contributed by atoms with van der Waals surface area (Å²) in [6.07, 6.45) is 2.42. The predicted octanol–water partition coefficient (Wildman–Crippen LogP) is 2.55. The van der Waals surface area contributed by atoms with Crippen molar-refractivity contribution in [2.24, 2.45) is 0 Å². The number of esters is 1. The molecule has 0 saturated carbocycles. The van der Waals surface area contributed by atoms with Crippen molar-refractivity contribution in [3.63, 3.8) is 0 Å². The van der Waals surface area contributed by atoms with Crippen LogP contribution in [-0.2, 0) is 11.3 Å². The fourth-order valence-corrected chi connectivity index (χ4v) is 2.09. The topological polar surface area (TPSA) is 65.4 Å². The average Bonchev–Trinajstić information content (AvgIpc) is 2.96. The Morgan fingerprint density at radius 3 is 2.64 bits per heavy atom. The van der Waals surface area contributed by atoms with Crippen LogP contribution in [0.5, 0.6) is 5.75 Å². The molecular weight excluding hydrogens is 282 g/mol. The molecule has 0 unspecified atom stereocenters. The van der Waals surface area contributed by atoms with Gasteiger partial charge in [0.25, 0.3) is 0 Å². The Morgan fingerprint density at radius 2 is 2.05 bits per heavy atom. The third kappa shape index (κ3) is 3.58. The number of benzene rings is 1. The summed E-state index contributed by atoms with van der Waals surface area (Å²) in [4.78, 5) is 16.4. The normalized spacial score (nSPS) is 10.3. The Bertz CT molecular complexity index is 620. The van der Waals surface area contributed by atoms with Gasteiger partial charge in [-0.25, -0.2) is 9.78 Å². The summed E-state index contributed by atoms with van der Waals surface area (Å²) < 4.78 is 12.2. The maximum Gasteiger partial charge on any atom is 0.358 e. The fourth-order valence-electron chi connectivity index (χ4n) is 2.09. The van der Waals surface area contributed by atoms with E-state index in [0.29, 0.717) is 24.7 Å². The number of nitrogens with one attached hydrogen (secondary N) is 1. The number of imidazole rings is 1. The predicted molar refractivity (Wildman–Crippen MR) is 84.4 cm³/mol. The van der Waals surface area contributed by atoms with E-state index >= 15 is 0 Å². The van der Waals surface area contributed by atoms with E-state index in [-0.39, 0.29) is 5.97 Å². The second-order valence-corrected chi connectivity index (χ2v) is 4.80. The molecule has 0 aliphatic rings. The van der Waals surface area contributed by atoms with Crippen molar-refractivity contribution in [2.45, 2.75) is 19.9 Å². The van der Waals surface area contributed by atoms with Crippen LogP contribution >= 0.6 is 0 Å². The molecule has 118 valence electrons. The number of carbonyl (C=O) groups excluding carboxylic acids is 1. The minimum absolute atomic E-state index is 0.364. The molecule has 0 saturated heterocycles. The molecule has 1 N–H and O–H groups in total. The quantitative estimate of drug-likeness (QED) is 0.796. The zero-order valence-corrected chi connectivity index (χ0v) is 13.1. The molecule has 0 spiro atoms. The molecule has 2 rings (SSSR count). The van der Waals surface area contributed by atoms with Crippen LogP contribution in [0.15, 0.2) is 30.6 Å². The maximum atomic E-state index is 12.2. The van der Waals surface area contributed by atoms with Gasteiger partial charge < -0.3 is 19.4 Å². The molecule has 1 aromatic carbocycles. The summed E-state index contributed by atoms with van der Waals surface area (Å²) in [6, 6.07) is 7.69. The van der Waals surface area contributed by atoms with Gasteiger partial charge in [-0.1, -0.05) is 19.1 Å². The van der Waals surface area contributed by atoms with Crippen LogP contribution in [-0.4, -0.2) is 36.3 Å². The highest BCUT2D eigenvalue weighted by Gasteiger charge is 2.19. The lowest BCUT2D eigenvalue weighted by Gasteiger charge is -2.10. The van der Waals surface area contributed by atoms with Crippen LogP contribution in [0.1, 0.15) is 29.4 Å². The first kappa shape index (κ1) is 15.9. The van der Waals surface area contributed by atoms with Gasteiger partial charge in [-0.15, -0.1) is 0 Å². The number of methoxy groups -OCH3 is 1. The van der Waals surface area contributed by atoms with Crippen molar-refractivity contribution in [1.82, 2.24) is 9.55 Å². The SMILES string of the molecule is CCCOC(=O)c1c(NC)ncn1Cc1ccc(OC)cc1. The lowest BCUT2D eigenvalue weighted by Crippen LogP contribution is -2.14. The number of carbonyl (C=O) groups is 1. The Hall–Kier alpha value is -2.50. The zero-order chi connectivity index (χ0) is 15.9. The first-order valence-electron chi connectivity index (χ1n) is 7.22. The molecule has 0 radical (unpaired) electrons. The van der Waals surface area contributed by atoms with E-state index in [4.69, 9.17) is 9.47 Å². The fraction of sp³-hybridized carbons (Fsp3) is 0.375. The summed E-state index contributed by atoms with van der Waals surface area (Å²) in [7, 11) is 3.36. The van der Waals surface area contributed by atoms with Crippen molar-refractivity contribution in [3.8, 4) is 5.75 Å². The number of hydrogen-bond donors (Lipinski definition) is 1. The lowest BCUT2D eigenvalue weighted by molar-refractivity contribution is 0.0494. The molecule has 2 aromatic rings. The summed E-state index contributed by atoms with van der Waals surface area (Å²) in [6.45, 7) is 2.89. The van der Waals surface area contributed by atoms with Crippen molar-refractivity contribution in [3.05, 3.63) is 41.9 Å². The number of anilines is 1. The highest BCUT2D eigenvalue weighted by molar-refractivity contribution is 5.93. The third-order valence-corrected chi connectivity index (χ3v) is 3.22. The number of hydrogen-bond acceptors (Lipinski definition) is 5. The Kier molecular flexibility index (Phi) is 5.41. The number of ether oxygens (including phenoxy) is 2. The lowest BCUT2D eigenvalue weighted by atomic mass is 10.2. The minimum atomic E-state index is -0.364. The zero-order valence-electron chi connectivity index (χ0n) is 13.1. The molecule has 0 fully saturated rings. The van der Waals surface area contributed by atoms with Gasteiger partial charge in [0.15, 0.2) is 11.5 Å². The molecule has 1 heterocycles. The molecule has 6 nitrogen and oxygen atoms in total. The van der Waals surface area contributed by atoms with Gasteiger partial charge in [-0.3, -0.25) is 0 Å². The van der Waals surface area contributed by atoms with Gasteiger partial charge in [0.2, 0.25) is 0 Å². The number of aromatic nitrogens is 2. The van der Waals surface area contributed by atoms with E-state index < -0.39 is 0 Å². The van der Waals surface area contributed by atoms with E-state index in [1.54, 1.807) is 25.1 Å². The van der Waals surface area contributed by atoms with Crippen LogP contribution in [0.25, 0.3) is 0 Å². The van der Waals surface area contributed by atoms with Gasteiger partial charge in [0.1, 0.15) is 5.75 Å². The molecule has 6 heteroatoms. The van der Waals surface area contributed by atoms with Gasteiger partial charge in [-0.05, 0) is 24.1 Å². The monoisotopic (exact) mass is 303 g/mol. The highest BCUT2D eigenvalue weighted by Crippen LogP contribution is 2.18. The summed E-state index contributed by atoms with van der Waals surface area (Å²) in [5.74, 6) is 0.958. The van der Waals surface area contributed by atoms with Crippen molar-refractivity contribution in [1.29, 1.82) is 0 Å². The molecule has 0 aliphatic heterocycles. The molecule has 0 atom stereocenters. The number of rotatable bonds is 7. The van der Waals surface area contributed by atoms with Crippen LogP contribution in [0, 0.1) is 0 Å². The molecule has 0 aliphatic carbocycles. The average molecular weight is 303 g/mol. The highest BCUT2D eigenvalue weighted by atomic mass is 16.5. The van der Waals surface area contributed by atoms with E-state index in [1.165, 1.54) is 0 Å². The van der Waals surface area contributed by atoms with Gasteiger partial charge >= 0.3 is 5.97 Å². The Balaban J connectivity index is 2.22. The summed E-state index contributed by atoms with van der Waals surface area (Å²) in [5.41, 5.74) is 1.48. The van der Waals surface area contributed by atoms with Crippen molar-refractivity contribution in [2.75, 3.05) is 26.1 Å². The van der Waals surface area contributed by atoms with Gasteiger partial charge in [-0.2, -0.15) is 0 Å². The van der Waals surface area contributed by atoms with Crippen LogP contribution < -0.4 is 10.1 Å². The summed E-state index contributed by atoms with van der Waals surface area (Å²) >= 11 is 0. The smallest absolute Gasteiger partial charge is 0.358 e. The molecule has 22 heavy (non-hydrogen) atoms. The van der Waals surface area contributed by atoms with Crippen LogP contribution in [0.4, 0.5) is 5.82 Å². The maximum absolute atomic E-state index is 12.2. The molecule has 0 bridgehead atoms. The van der Waals surface area contributed by atoms with Gasteiger partial charge in [0.05, 0.1) is 20.0 Å². The second-order valence-electron chi connectivity index (χ2n) is 4.80. The minimum Gasteiger partial charge on any atom is -0.497 e. The molecule has 1 aromatic heterocycles. The number of nitrogens with zero attached hydrogens (tertiary/aromatic N) is 2. The van der Waals surface area contributed by atoms with E-state index in [0.717, 1.165) is 17.7 Å². The van der Waals surface area contributed by atoms with E-state index in [2.05, 4.69) is 10.3 Å². The Labute approximate surface area is 130 Å². The van der Waals surface area contributed by atoms with E-state index in [9.17, 15) is 4.79 Å². The van der Waals surface area contributed by atoms with Gasteiger partial charge in [0, 0.05) is 13.6 Å². The molecule has 0 amide bonds. The van der Waals surface area contributed by atoms with Crippen LogP contribution in [0.2, 0.25) is 0 Å². The first-order chi connectivity index (χ1) is 10.7. The largest absolute Gasteiger partial charge is 0.497 e. The third-order valence-electron chi connectivity index (χ3n) is 3.22. The molecular formula is C16H21N3O3. The van der Waals surface area contributed by atoms with E-state index in [1.807, 2.05) is 31.2 Å². The van der Waals surface area contributed by atoms with Crippen molar-refractivity contribution >= 4 is 11.8 Å². The first-order valence-corrected chi connectivity index (χ1v) is 7.22. The Morgan fingerprint density at radius 1 is 1.32 bits per heavy atom. The summed E-state index contributed by atoms with van der Waals surface area (Å²) in [5, 5.41) is 2.92. The second kappa shape index (κ2) is 7.49. The van der Waals surface area contributed by atoms with Crippen LogP contribution in [0.3, 0.4) is 0 Å². The standard InChI is InChI=1S/C16H21N3O3/c1-4-9-22-16(20)14-15(17-2)18-11-19(14)10-12-5-7-13(21-3)8-6-12/h5-8,11,17H,4,9-10H2,1-3H3.